The van der Waals surface area contributed by atoms with Crippen molar-refractivity contribution in [3.8, 4) is 0 Å². The topological polar surface area (TPSA) is 68.0 Å². The van der Waals surface area contributed by atoms with E-state index in [4.69, 9.17) is 10.8 Å². The maximum absolute atomic E-state index is 11.7. The molecule has 16 heavy (non-hydrogen) atoms. The Morgan fingerprint density at radius 1 is 1.25 bits per heavy atom. The number of carbonyl (C=O) groups is 1. The molecule has 1 heterocycles. The number of nitrogens with one attached hydrogen (secondary N) is 2. The summed E-state index contributed by atoms with van der Waals surface area (Å²) in [5.74, 6) is -0.135. The van der Waals surface area contributed by atoms with Gasteiger partial charge in [-0.15, -0.1) is 24.0 Å². The highest BCUT2D eigenvalue weighted by Gasteiger charge is 2.23. The van der Waals surface area contributed by atoms with Crippen molar-refractivity contribution in [3.05, 3.63) is 0 Å². The maximum atomic E-state index is 11.7. The first-order valence-corrected chi connectivity index (χ1v) is 5.98. The lowest BCUT2D eigenvalue weighted by Crippen LogP contribution is -2.33. The van der Waals surface area contributed by atoms with Gasteiger partial charge >= 0.3 is 0 Å². The van der Waals surface area contributed by atoms with Gasteiger partial charge in [-0.1, -0.05) is 25.6 Å². The van der Waals surface area contributed by atoms with E-state index in [0.717, 1.165) is 37.7 Å². The lowest BCUT2D eigenvalue weighted by Gasteiger charge is -2.15. The molecule has 0 saturated carbocycles. The maximum Gasteiger partial charge on any atom is 0.278 e. The molecule has 1 fully saturated rings. The largest absolute Gasteiger partial charge is 0.337 e. The molecule has 92 valence electrons. The zero-order valence-electron chi connectivity index (χ0n) is 9.58. The third-order valence-corrected chi connectivity index (χ3v) is 3.39. The molecule has 1 rings (SSSR count). The summed E-state index contributed by atoms with van der Waals surface area (Å²) in [6.07, 6.45) is 2.07. The molecule has 1 aliphatic rings. The summed E-state index contributed by atoms with van der Waals surface area (Å²) in [5, 5.41) is 15.6. The lowest BCUT2D eigenvalue weighted by atomic mass is 10.2. The van der Waals surface area contributed by atoms with Crippen molar-refractivity contribution in [1.29, 1.82) is 10.8 Å². The Bertz CT molecular complexity index is 288. The van der Waals surface area contributed by atoms with E-state index in [1.807, 2.05) is 13.8 Å². The van der Waals surface area contributed by atoms with Crippen LogP contribution in [0.2, 0.25) is 0 Å². The minimum absolute atomic E-state index is 0. The third-order valence-electron chi connectivity index (χ3n) is 2.32. The third kappa shape index (κ3) is 4.40. The number of halogens is 1. The quantitative estimate of drug-likeness (QED) is 0.431. The van der Waals surface area contributed by atoms with Crippen LogP contribution in [0.15, 0.2) is 0 Å². The fourth-order valence-corrected chi connectivity index (χ4v) is 2.01. The van der Waals surface area contributed by atoms with Gasteiger partial charge in [-0.2, -0.15) is 0 Å². The van der Waals surface area contributed by atoms with E-state index in [0.29, 0.717) is 5.04 Å². The van der Waals surface area contributed by atoms with Gasteiger partial charge in [0.2, 0.25) is 0 Å². The molecule has 0 aromatic carbocycles. The molecule has 1 saturated heterocycles. The highest BCUT2D eigenvalue weighted by Crippen LogP contribution is 2.16. The van der Waals surface area contributed by atoms with Gasteiger partial charge in [0, 0.05) is 19.0 Å². The van der Waals surface area contributed by atoms with E-state index in [2.05, 4.69) is 0 Å². The van der Waals surface area contributed by atoms with Gasteiger partial charge in [-0.05, 0) is 12.8 Å². The normalized spacial score (nSPS) is 14.8. The molecule has 1 amide bonds. The number of carbonyl (C=O) groups excluding carboxylic acids is 1. The fraction of sp³-hybridized carbons (Fsp3) is 0.700. The second-order valence-corrected chi connectivity index (χ2v) is 5.00. The molecular weight excluding hydrogens is 337 g/mol. The Hall–Kier alpha value is -0.110. The molecule has 0 aromatic heterocycles. The van der Waals surface area contributed by atoms with Crippen LogP contribution < -0.4 is 0 Å². The van der Waals surface area contributed by atoms with E-state index in [9.17, 15) is 4.79 Å². The van der Waals surface area contributed by atoms with Gasteiger partial charge in [0.15, 0.2) is 5.04 Å². The van der Waals surface area contributed by atoms with Crippen LogP contribution >= 0.6 is 35.7 Å². The summed E-state index contributed by atoms with van der Waals surface area (Å²) in [6, 6.07) is 0. The van der Waals surface area contributed by atoms with Gasteiger partial charge in [0.25, 0.3) is 5.91 Å². The summed E-state index contributed by atoms with van der Waals surface area (Å²) in [5.41, 5.74) is 0. The van der Waals surface area contributed by atoms with Crippen LogP contribution in [0.3, 0.4) is 0 Å². The molecule has 0 atom stereocenters. The summed E-state index contributed by atoms with van der Waals surface area (Å²) in [4.78, 5) is 13.4. The van der Waals surface area contributed by atoms with Crippen molar-refractivity contribution in [2.24, 2.45) is 5.92 Å². The van der Waals surface area contributed by atoms with E-state index >= 15 is 0 Å². The van der Waals surface area contributed by atoms with Crippen molar-refractivity contribution in [1.82, 2.24) is 4.90 Å². The first kappa shape index (κ1) is 15.9. The smallest absolute Gasteiger partial charge is 0.278 e. The molecular formula is C10H18IN3OS. The van der Waals surface area contributed by atoms with E-state index in [1.165, 1.54) is 0 Å². The minimum Gasteiger partial charge on any atom is -0.337 e. The highest BCUT2D eigenvalue weighted by atomic mass is 127. The van der Waals surface area contributed by atoms with Gasteiger partial charge in [-0.3, -0.25) is 15.6 Å². The van der Waals surface area contributed by atoms with Crippen LogP contribution in [0, 0.1) is 16.7 Å². The summed E-state index contributed by atoms with van der Waals surface area (Å²) in [7, 11) is 0. The van der Waals surface area contributed by atoms with Crippen LogP contribution in [-0.2, 0) is 4.79 Å². The minimum atomic E-state index is -0.220. The van der Waals surface area contributed by atoms with Gasteiger partial charge in [0.1, 0.15) is 0 Å². The molecule has 6 heteroatoms. The summed E-state index contributed by atoms with van der Waals surface area (Å²) in [6.45, 7) is 5.31. The Morgan fingerprint density at radius 2 is 1.75 bits per heavy atom. The van der Waals surface area contributed by atoms with Gasteiger partial charge in [0.05, 0.1) is 5.04 Å². The Balaban J connectivity index is 0.00000225. The fourth-order valence-electron chi connectivity index (χ4n) is 1.34. The number of amides is 1. The standard InChI is InChI=1S/C10H17N3OS.HI/c1-7(2)8(11)15-9(12)10(14)13-5-3-4-6-13;/h7,11-12H,3-6H2,1-2H3;1H. The molecule has 0 bridgehead atoms. The first-order valence-electron chi connectivity index (χ1n) is 5.16. The highest BCUT2D eigenvalue weighted by molar-refractivity contribution is 14.0. The van der Waals surface area contributed by atoms with Crippen LogP contribution in [0.1, 0.15) is 26.7 Å². The molecule has 1 aliphatic heterocycles. The second kappa shape index (κ2) is 7.26. The number of hydrogen-bond acceptors (Lipinski definition) is 4. The zero-order chi connectivity index (χ0) is 11.4. The lowest BCUT2D eigenvalue weighted by molar-refractivity contribution is -0.122. The van der Waals surface area contributed by atoms with Crippen molar-refractivity contribution in [3.63, 3.8) is 0 Å². The van der Waals surface area contributed by atoms with Crippen LogP contribution in [-0.4, -0.2) is 34.0 Å². The predicted octanol–water partition coefficient (Wildman–Crippen LogP) is 2.57. The number of thioether (sulfide) groups is 1. The van der Waals surface area contributed by atoms with Crippen molar-refractivity contribution >= 4 is 51.7 Å². The van der Waals surface area contributed by atoms with Crippen molar-refractivity contribution < 1.29 is 4.79 Å². The second-order valence-electron chi connectivity index (χ2n) is 3.95. The SMILES string of the molecule is CC(C)C(=N)SC(=N)C(=O)N1CCCC1.I. The predicted molar refractivity (Wildman–Crippen MR) is 79.1 cm³/mol. The van der Waals surface area contributed by atoms with Crippen molar-refractivity contribution in [2.45, 2.75) is 26.7 Å². The average molecular weight is 355 g/mol. The summed E-state index contributed by atoms with van der Waals surface area (Å²) >= 11 is 0.978. The van der Waals surface area contributed by atoms with Crippen LogP contribution in [0.4, 0.5) is 0 Å². The number of nitrogens with zero attached hydrogens (tertiary/aromatic N) is 1. The van der Waals surface area contributed by atoms with E-state index < -0.39 is 0 Å². The monoisotopic (exact) mass is 355 g/mol. The van der Waals surface area contributed by atoms with Gasteiger partial charge in [-0.25, -0.2) is 0 Å². The average Bonchev–Trinajstić information content (AvgIpc) is 2.68. The number of likely N-dealkylation sites (tertiary alicyclic amines) is 1. The van der Waals surface area contributed by atoms with Gasteiger partial charge < -0.3 is 4.90 Å². The van der Waals surface area contributed by atoms with E-state index in [1.54, 1.807) is 4.90 Å². The molecule has 0 radical (unpaired) electrons. The summed E-state index contributed by atoms with van der Waals surface area (Å²) < 4.78 is 0. The van der Waals surface area contributed by atoms with Crippen LogP contribution in [0.25, 0.3) is 0 Å². The molecule has 0 unspecified atom stereocenters. The molecule has 4 nitrogen and oxygen atoms in total. The molecule has 0 aliphatic carbocycles. The zero-order valence-corrected chi connectivity index (χ0v) is 12.7. The first-order chi connectivity index (χ1) is 7.02. The molecule has 2 N–H and O–H groups in total. The number of hydrogen-bond donors (Lipinski definition) is 2. The number of rotatable bonds is 1. The Kier molecular flexibility index (Phi) is 7.21. The Morgan fingerprint density at radius 3 is 2.19 bits per heavy atom. The molecule has 0 spiro atoms. The van der Waals surface area contributed by atoms with Crippen LogP contribution in [0.5, 0.6) is 0 Å². The van der Waals surface area contributed by atoms with Crippen molar-refractivity contribution in [2.75, 3.05) is 13.1 Å². The molecule has 0 aromatic rings. The Labute approximate surface area is 118 Å². The van der Waals surface area contributed by atoms with E-state index in [-0.39, 0.29) is 40.8 Å².